The minimum atomic E-state index is 0.620. The summed E-state index contributed by atoms with van der Waals surface area (Å²) in [7, 11) is 0. The molecule has 0 bridgehead atoms. The molecule has 3 aromatic heterocycles. The molecule has 226 valence electrons. The molecule has 6 aromatic carbocycles. The summed E-state index contributed by atoms with van der Waals surface area (Å²) in [5.41, 5.74) is 11.7. The van der Waals surface area contributed by atoms with Crippen molar-refractivity contribution in [2.45, 2.75) is 6.92 Å². The molecule has 0 spiro atoms. The Morgan fingerprint density at radius 3 is 2.29 bits per heavy atom. The molecule has 4 heteroatoms. The van der Waals surface area contributed by atoms with E-state index in [1.807, 2.05) is 36.4 Å². The highest BCUT2D eigenvalue weighted by Crippen LogP contribution is 2.43. The van der Waals surface area contributed by atoms with Crippen LogP contribution in [0.2, 0.25) is 0 Å². The van der Waals surface area contributed by atoms with Crippen LogP contribution in [0.15, 0.2) is 151 Å². The van der Waals surface area contributed by atoms with E-state index >= 15 is 0 Å². The molecule has 4 nitrogen and oxygen atoms in total. The van der Waals surface area contributed by atoms with Gasteiger partial charge < -0.3 is 13.6 Å². The second-order valence-corrected chi connectivity index (χ2v) is 12.1. The summed E-state index contributed by atoms with van der Waals surface area (Å²) < 4.78 is 11.2. The van der Waals surface area contributed by atoms with Crippen LogP contribution in [0.25, 0.3) is 83.2 Å². The fraction of sp³-hybridized carbons (Fsp3) is 0.0227. The molecule has 3 heterocycles. The molecular formula is C44H29N3O. The van der Waals surface area contributed by atoms with Gasteiger partial charge in [-0.1, -0.05) is 97.6 Å². The lowest BCUT2D eigenvalue weighted by molar-refractivity contribution is 0.673. The molecule has 0 amide bonds. The van der Waals surface area contributed by atoms with Crippen LogP contribution in [0.5, 0.6) is 0 Å². The quantitative estimate of drug-likeness (QED) is 0.181. The Kier molecular flexibility index (Phi) is 6.21. The molecule has 0 aliphatic carbocycles. The molecule has 0 atom stereocenters. The van der Waals surface area contributed by atoms with Crippen LogP contribution in [0.3, 0.4) is 0 Å². The lowest BCUT2D eigenvalue weighted by Gasteiger charge is -2.17. The number of hydrogen-bond donors (Lipinski definition) is 0. The zero-order valence-corrected chi connectivity index (χ0v) is 26.3. The number of para-hydroxylation sites is 3. The van der Waals surface area contributed by atoms with E-state index in [0.29, 0.717) is 5.56 Å². The van der Waals surface area contributed by atoms with Gasteiger partial charge in [0.1, 0.15) is 11.2 Å². The smallest absolute Gasteiger partial charge is 0.145 e. The molecule has 9 aromatic rings. The average molecular weight is 616 g/mol. The van der Waals surface area contributed by atoms with Gasteiger partial charge >= 0.3 is 0 Å². The summed E-state index contributed by atoms with van der Waals surface area (Å²) in [6, 6.07) is 46.6. The maximum Gasteiger partial charge on any atom is 0.145 e. The second-order valence-electron chi connectivity index (χ2n) is 12.1. The number of nitrogens with zero attached hydrogens (tertiary/aromatic N) is 3. The van der Waals surface area contributed by atoms with Gasteiger partial charge in [-0.05, 0) is 67.1 Å². The molecular weight excluding hydrogens is 587 g/mol. The van der Waals surface area contributed by atoms with Crippen molar-refractivity contribution in [1.82, 2.24) is 9.13 Å². The van der Waals surface area contributed by atoms with Crippen molar-refractivity contribution in [2.75, 3.05) is 0 Å². The first-order valence-corrected chi connectivity index (χ1v) is 16.0. The van der Waals surface area contributed by atoms with Gasteiger partial charge in [-0.3, -0.25) is 0 Å². The summed E-state index contributed by atoms with van der Waals surface area (Å²) in [5.74, 6) is 0. The number of fused-ring (bicyclic) bond motifs is 8. The largest absolute Gasteiger partial charge is 0.455 e. The highest BCUT2D eigenvalue weighted by atomic mass is 16.3. The summed E-state index contributed by atoms with van der Waals surface area (Å²) in [6.45, 7) is 6.03. The van der Waals surface area contributed by atoms with E-state index in [1.54, 1.807) is 6.08 Å². The molecule has 0 saturated heterocycles. The van der Waals surface area contributed by atoms with E-state index in [4.69, 9.17) is 4.42 Å². The third-order valence-corrected chi connectivity index (χ3v) is 9.54. The van der Waals surface area contributed by atoms with Crippen LogP contribution in [-0.4, -0.2) is 9.13 Å². The van der Waals surface area contributed by atoms with E-state index in [1.165, 1.54) is 0 Å². The number of aromatic nitrogens is 2. The summed E-state index contributed by atoms with van der Waals surface area (Å²) in [6.07, 6.45) is 5.88. The highest BCUT2D eigenvalue weighted by Gasteiger charge is 2.22. The number of hydrogen-bond acceptors (Lipinski definition) is 2. The SMILES string of the molecule is C=C/C=C\c1c(C)n(-c2cccc(C#N)c2-c2ccc3c4c5oc6ccccc6c5ccc4n(-c4ccccc4)c3c2)c2ccccc12. The van der Waals surface area contributed by atoms with Crippen LogP contribution in [-0.2, 0) is 0 Å². The minimum absolute atomic E-state index is 0.620. The Morgan fingerprint density at radius 2 is 1.46 bits per heavy atom. The van der Waals surface area contributed by atoms with Crippen molar-refractivity contribution in [3.05, 3.63) is 163 Å². The van der Waals surface area contributed by atoms with Gasteiger partial charge in [-0.2, -0.15) is 5.26 Å². The minimum Gasteiger partial charge on any atom is -0.455 e. The lowest BCUT2D eigenvalue weighted by atomic mass is 9.96. The first kappa shape index (κ1) is 27.7. The molecule has 0 saturated carbocycles. The predicted molar refractivity (Wildman–Crippen MR) is 199 cm³/mol. The summed E-state index contributed by atoms with van der Waals surface area (Å²) in [5, 5.41) is 16.0. The Hall–Kier alpha value is -6.57. The molecule has 0 aliphatic heterocycles. The molecule has 48 heavy (non-hydrogen) atoms. The topological polar surface area (TPSA) is 46.8 Å². The summed E-state index contributed by atoms with van der Waals surface area (Å²) in [4.78, 5) is 0. The van der Waals surface area contributed by atoms with Gasteiger partial charge in [-0.25, -0.2) is 0 Å². The van der Waals surface area contributed by atoms with Gasteiger partial charge in [0.15, 0.2) is 0 Å². The van der Waals surface area contributed by atoms with Crippen molar-refractivity contribution >= 4 is 60.7 Å². The first-order chi connectivity index (χ1) is 23.7. The monoisotopic (exact) mass is 615 g/mol. The maximum absolute atomic E-state index is 10.5. The van der Waals surface area contributed by atoms with E-state index < -0.39 is 0 Å². The van der Waals surface area contributed by atoms with Crippen molar-refractivity contribution in [3.63, 3.8) is 0 Å². The predicted octanol–water partition coefficient (Wildman–Crippen LogP) is 11.7. The summed E-state index contributed by atoms with van der Waals surface area (Å²) >= 11 is 0. The maximum atomic E-state index is 10.5. The fourth-order valence-corrected chi connectivity index (χ4v) is 7.49. The van der Waals surface area contributed by atoms with Crippen molar-refractivity contribution in [1.29, 1.82) is 5.26 Å². The van der Waals surface area contributed by atoms with Crippen LogP contribution in [0.4, 0.5) is 0 Å². The second kappa shape index (κ2) is 10.8. The lowest BCUT2D eigenvalue weighted by Crippen LogP contribution is -2.02. The number of rotatable bonds is 5. The van der Waals surface area contributed by atoms with Gasteiger partial charge in [0, 0.05) is 44.1 Å². The Morgan fingerprint density at radius 1 is 0.688 bits per heavy atom. The van der Waals surface area contributed by atoms with Crippen LogP contribution in [0, 0.1) is 18.3 Å². The van der Waals surface area contributed by atoms with E-state index in [-0.39, 0.29) is 0 Å². The molecule has 0 fully saturated rings. The normalized spacial score (nSPS) is 11.8. The van der Waals surface area contributed by atoms with E-state index in [2.05, 4.69) is 132 Å². The Balaban J connectivity index is 1.38. The number of furan rings is 1. The van der Waals surface area contributed by atoms with Gasteiger partial charge in [0.05, 0.1) is 39.3 Å². The van der Waals surface area contributed by atoms with Crippen LogP contribution >= 0.6 is 0 Å². The molecule has 0 N–H and O–H groups in total. The number of nitriles is 1. The number of benzene rings is 6. The fourth-order valence-electron chi connectivity index (χ4n) is 7.49. The van der Waals surface area contributed by atoms with Crippen molar-refractivity contribution < 1.29 is 4.42 Å². The Bertz CT molecular complexity index is 2820. The van der Waals surface area contributed by atoms with E-state index in [9.17, 15) is 5.26 Å². The third kappa shape index (κ3) is 3.95. The number of allylic oxidation sites excluding steroid dienone is 2. The molecule has 9 rings (SSSR count). The molecule has 0 aliphatic rings. The molecule has 0 unspecified atom stereocenters. The zero-order valence-electron chi connectivity index (χ0n) is 26.3. The first-order valence-electron chi connectivity index (χ1n) is 16.0. The zero-order chi connectivity index (χ0) is 32.4. The molecule has 0 radical (unpaired) electrons. The standard InChI is InChI=1S/C44H29N3O/c1-3-4-16-32-28(2)46(37-19-10-8-17-33(32)37)38-20-12-13-30(27-45)42(38)29-22-23-36-40(26-29)47(31-14-6-5-7-15-31)39-25-24-35-34-18-9-11-21-41(34)48-44(35)43(36)39/h3-26H,1H2,2H3/b16-4-. The third-order valence-electron chi connectivity index (χ3n) is 9.54. The highest BCUT2D eigenvalue weighted by molar-refractivity contribution is 6.24. The van der Waals surface area contributed by atoms with Gasteiger partial charge in [-0.15, -0.1) is 0 Å². The van der Waals surface area contributed by atoms with Crippen molar-refractivity contribution in [2.24, 2.45) is 0 Å². The Labute approximate surface area is 277 Å². The van der Waals surface area contributed by atoms with Gasteiger partial charge in [0.2, 0.25) is 0 Å². The van der Waals surface area contributed by atoms with Gasteiger partial charge in [0.25, 0.3) is 0 Å². The van der Waals surface area contributed by atoms with Crippen LogP contribution in [0.1, 0.15) is 16.8 Å². The van der Waals surface area contributed by atoms with Crippen molar-refractivity contribution in [3.8, 4) is 28.6 Å². The average Bonchev–Trinajstić information content (AvgIpc) is 3.77. The van der Waals surface area contributed by atoms with E-state index in [0.717, 1.165) is 88.4 Å². The van der Waals surface area contributed by atoms with Crippen LogP contribution < -0.4 is 0 Å².